The minimum Gasteiger partial charge on any atom is -0.339 e. The van der Waals surface area contributed by atoms with Gasteiger partial charge in [0.2, 0.25) is 10.0 Å². The molecule has 5 nitrogen and oxygen atoms in total. The molecule has 0 aliphatic heterocycles. The highest BCUT2D eigenvalue weighted by molar-refractivity contribution is 9.10. The molecule has 104 valence electrons. The Morgan fingerprint density at radius 3 is 2.53 bits per heavy atom. The summed E-state index contributed by atoms with van der Waals surface area (Å²) >= 11 is 3.27. The summed E-state index contributed by atoms with van der Waals surface area (Å²) < 4.78 is 23.2. The van der Waals surface area contributed by atoms with E-state index in [2.05, 4.69) is 15.9 Å². The smallest absolute Gasteiger partial charge is 0.255 e. The fourth-order valence-electron chi connectivity index (χ4n) is 1.98. The lowest BCUT2D eigenvalue weighted by Gasteiger charge is -2.35. The Hall–Kier alpha value is -0.920. The first-order valence-electron chi connectivity index (χ1n) is 5.90. The Morgan fingerprint density at radius 2 is 2.05 bits per heavy atom. The van der Waals surface area contributed by atoms with Crippen molar-refractivity contribution < 1.29 is 13.2 Å². The van der Waals surface area contributed by atoms with Crippen LogP contribution in [-0.4, -0.2) is 32.3 Å². The van der Waals surface area contributed by atoms with Crippen LogP contribution in [0.3, 0.4) is 0 Å². The number of rotatable bonds is 3. The van der Waals surface area contributed by atoms with E-state index >= 15 is 0 Å². The first-order chi connectivity index (χ1) is 8.80. The number of amides is 1. The summed E-state index contributed by atoms with van der Waals surface area (Å²) in [5.74, 6) is -0.193. The number of hydrogen-bond donors (Lipinski definition) is 1. The molecule has 2 rings (SSSR count). The SMILES string of the molecule is CN(C(=O)c1cc(S(N)(=O)=O)ccc1Br)C1CCC1. The van der Waals surface area contributed by atoms with Gasteiger partial charge in [-0.05, 0) is 53.4 Å². The zero-order valence-electron chi connectivity index (χ0n) is 10.5. The molecule has 1 aliphatic carbocycles. The van der Waals surface area contributed by atoms with Gasteiger partial charge in [-0.25, -0.2) is 13.6 Å². The Labute approximate surface area is 121 Å². The lowest BCUT2D eigenvalue weighted by molar-refractivity contribution is 0.0651. The van der Waals surface area contributed by atoms with Crippen LogP contribution in [0.2, 0.25) is 0 Å². The van der Waals surface area contributed by atoms with Gasteiger partial charge in [-0.3, -0.25) is 4.79 Å². The highest BCUT2D eigenvalue weighted by Crippen LogP contribution is 2.27. The van der Waals surface area contributed by atoms with Crippen molar-refractivity contribution in [2.24, 2.45) is 5.14 Å². The molecule has 1 aromatic rings. The van der Waals surface area contributed by atoms with Crippen LogP contribution in [0.5, 0.6) is 0 Å². The zero-order valence-corrected chi connectivity index (χ0v) is 12.9. The average Bonchev–Trinajstić information content (AvgIpc) is 2.24. The lowest BCUT2D eigenvalue weighted by atomic mass is 9.91. The van der Waals surface area contributed by atoms with Crippen LogP contribution in [0.4, 0.5) is 0 Å². The van der Waals surface area contributed by atoms with Gasteiger partial charge in [0.1, 0.15) is 0 Å². The molecule has 1 aromatic carbocycles. The number of sulfonamides is 1. The molecule has 0 heterocycles. The van der Waals surface area contributed by atoms with E-state index < -0.39 is 10.0 Å². The third-order valence-electron chi connectivity index (χ3n) is 3.44. The standard InChI is InChI=1S/C12H15BrN2O3S/c1-15(8-3-2-4-8)12(16)10-7-9(19(14,17)18)5-6-11(10)13/h5-8H,2-4H2,1H3,(H2,14,17,18). The van der Waals surface area contributed by atoms with E-state index in [9.17, 15) is 13.2 Å². The number of primary sulfonamides is 1. The number of halogens is 1. The van der Waals surface area contributed by atoms with E-state index in [0.717, 1.165) is 19.3 Å². The topological polar surface area (TPSA) is 80.5 Å². The van der Waals surface area contributed by atoms with E-state index in [0.29, 0.717) is 10.0 Å². The van der Waals surface area contributed by atoms with Crippen LogP contribution >= 0.6 is 15.9 Å². The van der Waals surface area contributed by atoms with Crippen LogP contribution in [0, 0.1) is 0 Å². The molecule has 0 saturated heterocycles. The largest absolute Gasteiger partial charge is 0.339 e. The van der Waals surface area contributed by atoms with E-state index in [1.54, 1.807) is 11.9 Å². The molecule has 1 saturated carbocycles. The van der Waals surface area contributed by atoms with Crippen LogP contribution < -0.4 is 5.14 Å². The predicted molar refractivity (Wildman–Crippen MR) is 75.2 cm³/mol. The quantitative estimate of drug-likeness (QED) is 0.904. The van der Waals surface area contributed by atoms with Gasteiger partial charge in [-0.1, -0.05) is 0 Å². The normalized spacial score (nSPS) is 15.9. The molecule has 0 atom stereocenters. The predicted octanol–water partition coefficient (Wildman–Crippen LogP) is 1.72. The van der Waals surface area contributed by atoms with Gasteiger partial charge >= 0.3 is 0 Å². The van der Waals surface area contributed by atoms with Gasteiger partial charge in [0.05, 0.1) is 10.5 Å². The molecular formula is C12H15BrN2O3S. The Kier molecular flexibility index (Phi) is 3.98. The van der Waals surface area contributed by atoms with Crippen LogP contribution in [-0.2, 0) is 10.0 Å². The maximum Gasteiger partial charge on any atom is 0.255 e. The van der Waals surface area contributed by atoms with Crippen molar-refractivity contribution in [3.05, 3.63) is 28.2 Å². The Bertz CT molecular complexity index is 611. The highest BCUT2D eigenvalue weighted by Gasteiger charge is 2.27. The molecule has 1 amide bonds. The summed E-state index contributed by atoms with van der Waals surface area (Å²) in [5.41, 5.74) is 0.320. The fourth-order valence-corrected chi connectivity index (χ4v) is 2.93. The lowest BCUT2D eigenvalue weighted by Crippen LogP contribution is -2.41. The van der Waals surface area contributed by atoms with E-state index in [4.69, 9.17) is 5.14 Å². The van der Waals surface area contributed by atoms with Gasteiger partial charge in [0.15, 0.2) is 0 Å². The van der Waals surface area contributed by atoms with E-state index in [1.807, 2.05) is 0 Å². The van der Waals surface area contributed by atoms with Crippen LogP contribution in [0.15, 0.2) is 27.6 Å². The second-order valence-corrected chi connectivity index (χ2v) is 7.10. The van der Waals surface area contributed by atoms with E-state index in [1.165, 1.54) is 18.2 Å². The molecule has 1 fully saturated rings. The second-order valence-electron chi connectivity index (χ2n) is 4.69. The van der Waals surface area contributed by atoms with Crippen LogP contribution in [0.1, 0.15) is 29.6 Å². The molecule has 0 bridgehead atoms. The van der Waals surface area contributed by atoms with E-state index in [-0.39, 0.29) is 16.8 Å². The fraction of sp³-hybridized carbons (Fsp3) is 0.417. The van der Waals surface area contributed by atoms with Crippen molar-refractivity contribution >= 4 is 31.9 Å². The Balaban J connectivity index is 2.35. The van der Waals surface area contributed by atoms with Crippen molar-refractivity contribution in [3.8, 4) is 0 Å². The molecule has 1 aliphatic rings. The summed E-state index contributed by atoms with van der Waals surface area (Å²) in [7, 11) is -2.07. The zero-order chi connectivity index (χ0) is 14.2. The van der Waals surface area contributed by atoms with Crippen molar-refractivity contribution in [1.29, 1.82) is 0 Å². The summed E-state index contributed by atoms with van der Waals surface area (Å²) in [4.78, 5) is 13.9. The molecule has 7 heteroatoms. The van der Waals surface area contributed by atoms with Gasteiger partial charge in [0, 0.05) is 17.6 Å². The second kappa shape index (κ2) is 5.22. The number of carbonyl (C=O) groups is 1. The first kappa shape index (κ1) is 14.5. The molecular weight excluding hydrogens is 332 g/mol. The van der Waals surface area contributed by atoms with Gasteiger partial charge in [-0.15, -0.1) is 0 Å². The molecule has 0 unspecified atom stereocenters. The van der Waals surface area contributed by atoms with Crippen molar-refractivity contribution in [2.75, 3.05) is 7.05 Å². The molecule has 0 spiro atoms. The number of nitrogens with two attached hydrogens (primary N) is 1. The number of nitrogens with zero attached hydrogens (tertiary/aromatic N) is 1. The molecule has 0 aromatic heterocycles. The molecule has 0 radical (unpaired) electrons. The minimum absolute atomic E-state index is 0.0546. The Morgan fingerprint density at radius 1 is 1.42 bits per heavy atom. The van der Waals surface area contributed by atoms with Crippen LogP contribution in [0.25, 0.3) is 0 Å². The summed E-state index contributed by atoms with van der Waals surface area (Å²) in [6.45, 7) is 0. The van der Waals surface area contributed by atoms with Crippen molar-refractivity contribution in [2.45, 2.75) is 30.2 Å². The number of carbonyl (C=O) groups excluding carboxylic acids is 1. The third-order valence-corrected chi connectivity index (χ3v) is 5.04. The monoisotopic (exact) mass is 346 g/mol. The maximum absolute atomic E-state index is 12.3. The third kappa shape index (κ3) is 2.98. The van der Waals surface area contributed by atoms with Gasteiger partial charge in [-0.2, -0.15) is 0 Å². The molecule has 19 heavy (non-hydrogen) atoms. The minimum atomic E-state index is -3.80. The average molecular weight is 347 g/mol. The summed E-state index contributed by atoms with van der Waals surface area (Å²) in [6.07, 6.45) is 3.12. The number of benzene rings is 1. The number of hydrogen-bond acceptors (Lipinski definition) is 3. The summed E-state index contributed by atoms with van der Waals surface area (Å²) in [5, 5.41) is 5.08. The van der Waals surface area contributed by atoms with Gasteiger partial charge < -0.3 is 4.90 Å². The first-order valence-corrected chi connectivity index (χ1v) is 8.24. The van der Waals surface area contributed by atoms with Gasteiger partial charge in [0.25, 0.3) is 5.91 Å². The summed E-state index contributed by atoms with van der Waals surface area (Å²) in [6, 6.07) is 4.47. The van der Waals surface area contributed by atoms with Crippen molar-refractivity contribution in [3.63, 3.8) is 0 Å². The maximum atomic E-state index is 12.3. The highest BCUT2D eigenvalue weighted by atomic mass is 79.9. The molecule has 2 N–H and O–H groups in total. The van der Waals surface area contributed by atoms with Crippen molar-refractivity contribution in [1.82, 2.24) is 4.90 Å².